The van der Waals surface area contributed by atoms with E-state index in [-0.39, 0.29) is 29.7 Å². The third-order valence-corrected chi connectivity index (χ3v) is 6.03. The summed E-state index contributed by atoms with van der Waals surface area (Å²) in [6.07, 6.45) is 3.39. The summed E-state index contributed by atoms with van der Waals surface area (Å²) in [5.74, 6) is -0.128. The maximum Gasteiger partial charge on any atom is 0.254 e. The largest absolute Gasteiger partial charge is 0.354 e. The molecule has 1 heterocycles. The summed E-state index contributed by atoms with van der Waals surface area (Å²) in [6.45, 7) is 7.62. The van der Waals surface area contributed by atoms with Gasteiger partial charge in [0.05, 0.1) is 5.92 Å². The molecule has 0 radical (unpaired) electrons. The van der Waals surface area contributed by atoms with Crippen LogP contribution >= 0.6 is 0 Å². The number of hydrogen-bond donors (Lipinski definition) is 1. The normalized spacial score (nSPS) is 23.6. The number of rotatable bonds is 1. The molecule has 152 valence electrons. The van der Waals surface area contributed by atoms with E-state index in [1.165, 1.54) is 0 Å². The predicted octanol–water partition coefficient (Wildman–Crippen LogP) is 2.28. The van der Waals surface area contributed by atoms with Crippen LogP contribution in [0.2, 0.25) is 0 Å². The van der Waals surface area contributed by atoms with Gasteiger partial charge in [0.1, 0.15) is 0 Å². The number of carbonyl (C=O) groups is 3. The van der Waals surface area contributed by atoms with Crippen LogP contribution in [0.1, 0.15) is 54.1 Å². The van der Waals surface area contributed by atoms with Gasteiger partial charge < -0.3 is 15.1 Å². The Morgan fingerprint density at radius 3 is 2.57 bits per heavy atom. The van der Waals surface area contributed by atoms with Gasteiger partial charge in [-0.25, -0.2) is 0 Å². The Hall–Kier alpha value is -2.37. The van der Waals surface area contributed by atoms with E-state index in [0.29, 0.717) is 38.2 Å². The van der Waals surface area contributed by atoms with Crippen LogP contribution in [0, 0.1) is 19.8 Å². The SMILES string of the molecule is CC(=O)N1CCCN(C(=O)c2ccc(C)cc2C)CCNC(=O)[C@@H]2CCC[C@@H]21. The van der Waals surface area contributed by atoms with Crippen molar-refractivity contribution in [2.75, 3.05) is 26.2 Å². The molecule has 1 N–H and O–H groups in total. The van der Waals surface area contributed by atoms with Gasteiger partial charge in [0, 0.05) is 44.7 Å². The van der Waals surface area contributed by atoms with Crippen LogP contribution in [0.15, 0.2) is 18.2 Å². The molecule has 2 atom stereocenters. The van der Waals surface area contributed by atoms with E-state index in [1.807, 2.05) is 36.9 Å². The van der Waals surface area contributed by atoms with Crippen LogP contribution in [0.3, 0.4) is 0 Å². The minimum atomic E-state index is -0.134. The van der Waals surface area contributed by atoms with Crippen LogP contribution in [0.25, 0.3) is 0 Å². The van der Waals surface area contributed by atoms with E-state index in [9.17, 15) is 14.4 Å². The van der Waals surface area contributed by atoms with Crippen LogP contribution in [-0.4, -0.2) is 59.7 Å². The van der Waals surface area contributed by atoms with Crippen molar-refractivity contribution in [2.45, 2.75) is 52.5 Å². The number of aryl methyl sites for hydroxylation is 2. The minimum absolute atomic E-state index is 0.00886. The highest BCUT2D eigenvalue weighted by atomic mass is 16.2. The molecule has 1 aromatic carbocycles. The summed E-state index contributed by atoms with van der Waals surface area (Å²) in [4.78, 5) is 41.7. The van der Waals surface area contributed by atoms with E-state index >= 15 is 0 Å². The Morgan fingerprint density at radius 2 is 1.86 bits per heavy atom. The van der Waals surface area contributed by atoms with Gasteiger partial charge in [0.15, 0.2) is 0 Å². The highest BCUT2D eigenvalue weighted by molar-refractivity contribution is 5.95. The molecule has 1 saturated carbocycles. The quantitative estimate of drug-likeness (QED) is 0.806. The number of nitrogens with one attached hydrogen (secondary N) is 1. The Bertz CT molecular complexity index is 761. The molecule has 0 bridgehead atoms. The van der Waals surface area contributed by atoms with Gasteiger partial charge in [-0.05, 0) is 44.7 Å². The molecule has 0 unspecified atom stereocenters. The lowest BCUT2D eigenvalue weighted by Crippen LogP contribution is -2.46. The molecule has 0 spiro atoms. The van der Waals surface area contributed by atoms with Crippen LogP contribution in [0.5, 0.6) is 0 Å². The monoisotopic (exact) mass is 385 g/mol. The summed E-state index contributed by atoms with van der Waals surface area (Å²) in [5, 5.41) is 3.00. The first-order chi connectivity index (χ1) is 13.4. The zero-order valence-electron chi connectivity index (χ0n) is 17.2. The zero-order valence-corrected chi connectivity index (χ0v) is 17.2. The second-order valence-corrected chi connectivity index (χ2v) is 8.07. The number of hydrogen-bond acceptors (Lipinski definition) is 3. The van der Waals surface area contributed by atoms with Crippen LogP contribution in [0.4, 0.5) is 0 Å². The highest BCUT2D eigenvalue weighted by Gasteiger charge is 2.38. The highest BCUT2D eigenvalue weighted by Crippen LogP contribution is 2.31. The van der Waals surface area contributed by atoms with E-state index in [2.05, 4.69) is 5.32 Å². The molecule has 6 nitrogen and oxygen atoms in total. The van der Waals surface area contributed by atoms with Crippen molar-refractivity contribution in [3.05, 3.63) is 34.9 Å². The molecule has 6 heteroatoms. The molecule has 2 aliphatic rings. The lowest BCUT2D eigenvalue weighted by atomic mass is 10.0. The van der Waals surface area contributed by atoms with Crippen molar-refractivity contribution >= 4 is 17.7 Å². The van der Waals surface area contributed by atoms with Gasteiger partial charge in [-0.1, -0.05) is 24.1 Å². The van der Waals surface area contributed by atoms with Crippen LogP contribution < -0.4 is 5.32 Å². The third kappa shape index (κ3) is 4.37. The molecule has 1 aliphatic carbocycles. The molecule has 2 fully saturated rings. The van der Waals surface area contributed by atoms with Gasteiger partial charge in [0.2, 0.25) is 11.8 Å². The molecule has 1 aliphatic heterocycles. The second-order valence-electron chi connectivity index (χ2n) is 8.07. The van der Waals surface area contributed by atoms with Gasteiger partial charge in [-0.15, -0.1) is 0 Å². The number of fused-ring (bicyclic) bond motifs is 1. The van der Waals surface area contributed by atoms with Gasteiger partial charge >= 0.3 is 0 Å². The molecule has 3 amide bonds. The van der Waals surface area contributed by atoms with Gasteiger partial charge in [-0.3, -0.25) is 14.4 Å². The Labute approximate surface area is 167 Å². The summed E-state index contributed by atoms with van der Waals surface area (Å²) in [5.41, 5.74) is 2.79. The van der Waals surface area contributed by atoms with Crippen molar-refractivity contribution in [3.63, 3.8) is 0 Å². The van der Waals surface area contributed by atoms with Crippen molar-refractivity contribution in [1.29, 1.82) is 0 Å². The average molecular weight is 386 g/mol. The van der Waals surface area contributed by atoms with Gasteiger partial charge in [-0.2, -0.15) is 0 Å². The van der Waals surface area contributed by atoms with Crippen molar-refractivity contribution in [1.82, 2.24) is 15.1 Å². The maximum atomic E-state index is 13.1. The van der Waals surface area contributed by atoms with E-state index < -0.39 is 0 Å². The predicted molar refractivity (Wildman–Crippen MR) is 108 cm³/mol. The number of benzene rings is 1. The Morgan fingerprint density at radius 1 is 1.07 bits per heavy atom. The maximum absolute atomic E-state index is 13.1. The minimum Gasteiger partial charge on any atom is -0.354 e. The number of amides is 3. The topological polar surface area (TPSA) is 69.7 Å². The van der Waals surface area contributed by atoms with Crippen molar-refractivity contribution in [3.8, 4) is 0 Å². The lowest BCUT2D eigenvalue weighted by molar-refractivity contribution is -0.134. The number of nitrogens with zero attached hydrogens (tertiary/aromatic N) is 2. The molecule has 1 aromatic rings. The fourth-order valence-electron chi connectivity index (χ4n) is 4.59. The molecular formula is C22H31N3O3. The summed E-state index contributed by atoms with van der Waals surface area (Å²) >= 11 is 0. The first kappa shape index (κ1) is 20.4. The molecule has 3 rings (SSSR count). The van der Waals surface area contributed by atoms with Crippen molar-refractivity contribution < 1.29 is 14.4 Å². The lowest BCUT2D eigenvalue weighted by Gasteiger charge is -2.32. The summed E-state index contributed by atoms with van der Waals surface area (Å²) in [7, 11) is 0. The van der Waals surface area contributed by atoms with E-state index in [4.69, 9.17) is 0 Å². The Kier molecular flexibility index (Phi) is 6.37. The third-order valence-electron chi connectivity index (χ3n) is 6.03. The smallest absolute Gasteiger partial charge is 0.254 e. The molecule has 0 aromatic heterocycles. The molecule has 28 heavy (non-hydrogen) atoms. The fraction of sp³-hybridized carbons (Fsp3) is 0.591. The Balaban J connectivity index is 1.78. The fourth-order valence-corrected chi connectivity index (χ4v) is 4.59. The molecular weight excluding hydrogens is 354 g/mol. The van der Waals surface area contributed by atoms with Crippen molar-refractivity contribution in [2.24, 2.45) is 5.92 Å². The second kappa shape index (κ2) is 8.76. The first-order valence-electron chi connectivity index (χ1n) is 10.3. The average Bonchev–Trinajstić information content (AvgIpc) is 3.11. The number of carbonyl (C=O) groups excluding carboxylic acids is 3. The van der Waals surface area contributed by atoms with E-state index in [0.717, 1.165) is 30.4 Å². The summed E-state index contributed by atoms with van der Waals surface area (Å²) < 4.78 is 0. The zero-order chi connectivity index (χ0) is 20.3. The van der Waals surface area contributed by atoms with Gasteiger partial charge in [0.25, 0.3) is 5.91 Å². The summed E-state index contributed by atoms with van der Waals surface area (Å²) in [6, 6.07) is 5.83. The molecule has 1 saturated heterocycles. The standard InChI is InChI=1S/C22H31N3O3/c1-15-8-9-18(16(2)14-15)22(28)24-11-5-12-25(17(3)26)20-7-4-6-19(20)21(27)23-10-13-24/h8-9,14,19-20H,4-7,10-13H2,1-3H3,(H,23,27)/t19-,20+/m1/s1. The van der Waals surface area contributed by atoms with Crippen LogP contribution in [-0.2, 0) is 9.59 Å². The first-order valence-corrected chi connectivity index (χ1v) is 10.3. The van der Waals surface area contributed by atoms with E-state index in [1.54, 1.807) is 11.8 Å².